The van der Waals surface area contributed by atoms with Gasteiger partial charge in [-0.3, -0.25) is 4.79 Å². The Balaban J connectivity index is 1.61. The first-order valence-electron chi connectivity index (χ1n) is 11.5. The standard InChI is InChI=1S/C27H29N3O7/c28-22(25(32)33)13-16-1-7-19(8-2-16)29-23(26(34)35)14-17-3-9-20(10-4-17)30-24(27(36)37)15-18-5-11-21(31)12-6-18/h1-12,22-24,29-31H,13-15,28H2,(H,32,33)(H,34,35)(H,36,37)/t22-,23-,24-/m0/s1. The molecule has 10 nitrogen and oxygen atoms in total. The van der Waals surface area contributed by atoms with Crippen LogP contribution in [0.2, 0.25) is 0 Å². The molecule has 0 fully saturated rings. The van der Waals surface area contributed by atoms with Crippen molar-refractivity contribution in [1.82, 2.24) is 0 Å². The van der Waals surface area contributed by atoms with Crippen molar-refractivity contribution in [2.75, 3.05) is 10.6 Å². The highest BCUT2D eigenvalue weighted by molar-refractivity contribution is 5.79. The number of phenolic OH excluding ortho intramolecular Hbond substituents is 1. The number of carbonyl (C=O) groups is 3. The van der Waals surface area contributed by atoms with Crippen molar-refractivity contribution in [2.24, 2.45) is 5.73 Å². The normalized spacial score (nSPS) is 13.2. The molecule has 37 heavy (non-hydrogen) atoms. The predicted molar refractivity (Wildman–Crippen MR) is 138 cm³/mol. The third-order valence-electron chi connectivity index (χ3n) is 5.77. The second kappa shape index (κ2) is 12.4. The number of aromatic hydroxyl groups is 1. The van der Waals surface area contributed by atoms with E-state index in [1.54, 1.807) is 60.7 Å². The molecule has 3 aromatic carbocycles. The first-order valence-corrected chi connectivity index (χ1v) is 11.5. The average Bonchev–Trinajstić information content (AvgIpc) is 2.86. The lowest BCUT2D eigenvalue weighted by Gasteiger charge is -2.18. The van der Waals surface area contributed by atoms with Crippen molar-refractivity contribution < 1.29 is 34.8 Å². The largest absolute Gasteiger partial charge is 0.508 e. The smallest absolute Gasteiger partial charge is 0.326 e. The molecule has 3 rings (SSSR count). The zero-order valence-corrected chi connectivity index (χ0v) is 19.9. The molecule has 194 valence electrons. The number of nitrogens with one attached hydrogen (secondary N) is 2. The molecule has 0 aliphatic carbocycles. The summed E-state index contributed by atoms with van der Waals surface area (Å²) in [7, 11) is 0. The zero-order chi connectivity index (χ0) is 26.9. The lowest BCUT2D eigenvalue weighted by Crippen LogP contribution is -2.32. The van der Waals surface area contributed by atoms with Crippen LogP contribution in [0.3, 0.4) is 0 Å². The van der Waals surface area contributed by atoms with Crippen LogP contribution in [0.1, 0.15) is 16.7 Å². The number of rotatable bonds is 13. The van der Waals surface area contributed by atoms with Crippen LogP contribution in [0.4, 0.5) is 11.4 Å². The Morgan fingerprint density at radius 1 is 0.595 bits per heavy atom. The van der Waals surface area contributed by atoms with E-state index in [1.807, 2.05) is 0 Å². The first-order chi connectivity index (χ1) is 17.6. The van der Waals surface area contributed by atoms with Crippen molar-refractivity contribution in [3.63, 3.8) is 0 Å². The summed E-state index contributed by atoms with van der Waals surface area (Å²) in [6.07, 6.45) is 0.552. The van der Waals surface area contributed by atoms with Crippen molar-refractivity contribution >= 4 is 29.3 Å². The van der Waals surface area contributed by atoms with Gasteiger partial charge in [-0.25, -0.2) is 9.59 Å². The van der Waals surface area contributed by atoms with Crippen LogP contribution >= 0.6 is 0 Å². The fraction of sp³-hybridized carbons (Fsp3) is 0.222. The molecule has 0 unspecified atom stereocenters. The Bertz CT molecular complexity index is 1210. The summed E-state index contributed by atoms with van der Waals surface area (Å²) in [4.78, 5) is 34.5. The minimum absolute atomic E-state index is 0.103. The van der Waals surface area contributed by atoms with Crippen LogP contribution in [-0.2, 0) is 33.6 Å². The van der Waals surface area contributed by atoms with Gasteiger partial charge in [0.2, 0.25) is 0 Å². The van der Waals surface area contributed by atoms with Gasteiger partial charge in [0.15, 0.2) is 0 Å². The molecule has 0 aliphatic rings. The number of carboxylic acids is 3. The lowest BCUT2D eigenvalue weighted by atomic mass is 10.0. The number of nitrogens with two attached hydrogens (primary N) is 1. The van der Waals surface area contributed by atoms with Crippen molar-refractivity contribution in [1.29, 1.82) is 0 Å². The van der Waals surface area contributed by atoms with E-state index in [1.165, 1.54) is 12.1 Å². The van der Waals surface area contributed by atoms with E-state index in [4.69, 9.17) is 10.8 Å². The molecule has 3 atom stereocenters. The van der Waals surface area contributed by atoms with Gasteiger partial charge in [0.25, 0.3) is 0 Å². The Kier molecular flexibility index (Phi) is 9.06. The third kappa shape index (κ3) is 8.25. The Labute approximate surface area is 213 Å². The van der Waals surface area contributed by atoms with E-state index in [0.29, 0.717) is 11.4 Å². The molecule has 0 saturated heterocycles. The van der Waals surface area contributed by atoms with Gasteiger partial charge in [-0.2, -0.15) is 0 Å². The van der Waals surface area contributed by atoms with E-state index in [2.05, 4.69) is 10.6 Å². The van der Waals surface area contributed by atoms with E-state index in [0.717, 1.165) is 16.7 Å². The monoisotopic (exact) mass is 507 g/mol. The summed E-state index contributed by atoms with van der Waals surface area (Å²) < 4.78 is 0. The second-order valence-corrected chi connectivity index (χ2v) is 8.69. The molecule has 3 aromatic rings. The summed E-state index contributed by atoms with van der Waals surface area (Å²) in [5.41, 5.74) is 8.90. The summed E-state index contributed by atoms with van der Waals surface area (Å²) in [6.45, 7) is 0. The molecule has 0 aliphatic heterocycles. The van der Waals surface area contributed by atoms with Gasteiger partial charge >= 0.3 is 17.9 Å². The van der Waals surface area contributed by atoms with Gasteiger partial charge in [0.05, 0.1) is 0 Å². The number of aliphatic carboxylic acids is 3. The fourth-order valence-electron chi connectivity index (χ4n) is 3.72. The van der Waals surface area contributed by atoms with Crippen LogP contribution in [-0.4, -0.2) is 56.5 Å². The summed E-state index contributed by atoms with van der Waals surface area (Å²) in [5, 5.41) is 43.5. The van der Waals surface area contributed by atoms with Gasteiger partial charge in [-0.15, -0.1) is 0 Å². The van der Waals surface area contributed by atoms with Crippen molar-refractivity contribution in [3.8, 4) is 5.75 Å². The molecular formula is C27H29N3O7. The molecule has 0 saturated carbocycles. The fourth-order valence-corrected chi connectivity index (χ4v) is 3.72. The molecule has 0 spiro atoms. The van der Waals surface area contributed by atoms with Crippen LogP contribution in [0.5, 0.6) is 5.75 Å². The Morgan fingerprint density at radius 3 is 1.30 bits per heavy atom. The minimum atomic E-state index is -1.09. The highest BCUT2D eigenvalue weighted by atomic mass is 16.4. The molecule has 0 amide bonds. The van der Waals surface area contributed by atoms with Gasteiger partial charge < -0.3 is 36.8 Å². The summed E-state index contributed by atoms with van der Waals surface area (Å²) >= 11 is 0. The van der Waals surface area contributed by atoms with Crippen LogP contribution < -0.4 is 16.4 Å². The Hall–Kier alpha value is -4.57. The zero-order valence-electron chi connectivity index (χ0n) is 19.9. The van der Waals surface area contributed by atoms with Crippen LogP contribution in [0, 0.1) is 0 Å². The second-order valence-electron chi connectivity index (χ2n) is 8.69. The summed E-state index contributed by atoms with van der Waals surface area (Å²) in [5.74, 6) is -3.06. The lowest BCUT2D eigenvalue weighted by molar-refractivity contribution is -0.139. The first kappa shape index (κ1) is 27.0. The van der Waals surface area contributed by atoms with Gasteiger partial charge in [0, 0.05) is 24.2 Å². The number of hydrogen-bond donors (Lipinski definition) is 7. The molecule has 0 heterocycles. The number of hydrogen-bond acceptors (Lipinski definition) is 7. The molecule has 0 bridgehead atoms. The molecular weight excluding hydrogens is 478 g/mol. The molecule has 0 aromatic heterocycles. The summed E-state index contributed by atoms with van der Waals surface area (Å²) in [6, 6.07) is 17.1. The average molecular weight is 508 g/mol. The van der Waals surface area contributed by atoms with Crippen LogP contribution in [0.15, 0.2) is 72.8 Å². The number of phenols is 1. The number of benzene rings is 3. The van der Waals surface area contributed by atoms with Gasteiger partial charge in [-0.05, 0) is 59.5 Å². The molecule has 0 radical (unpaired) electrons. The topological polar surface area (TPSA) is 182 Å². The van der Waals surface area contributed by atoms with E-state index in [-0.39, 0.29) is 25.0 Å². The Morgan fingerprint density at radius 2 is 0.946 bits per heavy atom. The predicted octanol–water partition coefficient (Wildman–Crippen LogP) is 2.56. The van der Waals surface area contributed by atoms with Gasteiger partial charge in [-0.1, -0.05) is 36.4 Å². The highest BCUT2D eigenvalue weighted by Crippen LogP contribution is 2.18. The van der Waals surface area contributed by atoms with Crippen molar-refractivity contribution in [2.45, 2.75) is 37.4 Å². The SMILES string of the molecule is N[C@@H](Cc1ccc(N[C@@H](Cc2ccc(N[C@@H](Cc3ccc(O)cc3)C(=O)O)cc2)C(=O)O)cc1)C(=O)O. The highest BCUT2D eigenvalue weighted by Gasteiger charge is 2.20. The van der Waals surface area contributed by atoms with Crippen molar-refractivity contribution in [3.05, 3.63) is 89.5 Å². The molecule has 8 N–H and O–H groups in total. The molecule has 10 heteroatoms. The maximum atomic E-state index is 11.8. The number of anilines is 2. The minimum Gasteiger partial charge on any atom is -0.508 e. The maximum Gasteiger partial charge on any atom is 0.326 e. The van der Waals surface area contributed by atoms with E-state index in [9.17, 15) is 29.7 Å². The maximum absolute atomic E-state index is 11.8. The van der Waals surface area contributed by atoms with Gasteiger partial charge in [0.1, 0.15) is 23.9 Å². The number of carboxylic acid groups (broad SMARTS) is 3. The third-order valence-corrected chi connectivity index (χ3v) is 5.77. The van der Waals surface area contributed by atoms with E-state index < -0.39 is 36.0 Å². The quantitative estimate of drug-likeness (QED) is 0.181. The van der Waals surface area contributed by atoms with Crippen LogP contribution in [0.25, 0.3) is 0 Å². The van der Waals surface area contributed by atoms with E-state index >= 15 is 0 Å².